The number of nitrogens with zero attached hydrogens (tertiary/aromatic N) is 1. The zero-order chi connectivity index (χ0) is 11.9. The summed E-state index contributed by atoms with van der Waals surface area (Å²) in [6.45, 7) is 1.69. The molecule has 0 bridgehead atoms. The third-order valence-electron chi connectivity index (χ3n) is 2.75. The summed E-state index contributed by atoms with van der Waals surface area (Å²) in [4.78, 5) is 15.4. The number of pyridine rings is 1. The van der Waals surface area contributed by atoms with E-state index >= 15 is 0 Å². The Morgan fingerprint density at radius 3 is 3.06 bits per heavy atom. The van der Waals surface area contributed by atoms with Crippen LogP contribution in [-0.4, -0.2) is 23.5 Å². The summed E-state index contributed by atoms with van der Waals surface area (Å²) in [5.74, 6) is 0.190. The maximum atomic E-state index is 11.4. The van der Waals surface area contributed by atoms with Gasteiger partial charge in [-0.3, -0.25) is 9.78 Å². The molecule has 2 rings (SSSR count). The molecule has 4 heteroatoms. The quantitative estimate of drug-likeness (QED) is 0.696. The lowest BCUT2D eigenvalue weighted by Gasteiger charge is -2.05. The van der Waals surface area contributed by atoms with Crippen molar-refractivity contribution in [2.24, 2.45) is 0 Å². The van der Waals surface area contributed by atoms with Gasteiger partial charge in [-0.15, -0.1) is 0 Å². The average molecular weight is 233 g/mol. The molecule has 1 aromatic heterocycles. The molecule has 1 aliphatic carbocycles. The third kappa shape index (κ3) is 4.95. The molecule has 1 fully saturated rings. The molecule has 1 amide bonds. The van der Waals surface area contributed by atoms with Gasteiger partial charge >= 0.3 is 0 Å². The fourth-order valence-corrected chi connectivity index (χ4v) is 1.64. The Labute approximate surface area is 102 Å². The van der Waals surface area contributed by atoms with Gasteiger partial charge in [0.2, 0.25) is 5.91 Å². The van der Waals surface area contributed by atoms with E-state index in [4.69, 9.17) is 0 Å². The normalized spacial score (nSPS) is 14.6. The predicted molar refractivity (Wildman–Crippen MR) is 66.3 cm³/mol. The number of amides is 1. The van der Waals surface area contributed by atoms with Gasteiger partial charge in [-0.05, 0) is 37.4 Å². The van der Waals surface area contributed by atoms with Crippen LogP contribution >= 0.6 is 0 Å². The van der Waals surface area contributed by atoms with Crippen LogP contribution in [-0.2, 0) is 11.3 Å². The van der Waals surface area contributed by atoms with E-state index in [2.05, 4.69) is 15.6 Å². The van der Waals surface area contributed by atoms with Crippen LogP contribution in [0.5, 0.6) is 0 Å². The molecule has 17 heavy (non-hydrogen) atoms. The highest BCUT2D eigenvalue weighted by Gasteiger charge is 2.22. The van der Waals surface area contributed by atoms with E-state index in [0.717, 1.165) is 32.4 Å². The molecule has 0 aromatic carbocycles. The van der Waals surface area contributed by atoms with Crippen molar-refractivity contribution in [1.29, 1.82) is 0 Å². The maximum absolute atomic E-state index is 11.4. The van der Waals surface area contributed by atoms with Crippen molar-refractivity contribution in [1.82, 2.24) is 15.6 Å². The molecule has 92 valence electrons. The Bertz CT molecular complexity index is 349. The van der Waals surface area contributed by atoms with Crippen LogP contribution in [0, 0.1) is 0 Å². The van der Waals surface area contributed by atoms with Crippen LogP contribution in [0.4, 0.5) is 0 Å². The van der Waals surface area contributed by atoms with Crippen molar-refractivity contribution in [3.63, 3.8) is 0 Å². The first-order chi connectivity index (χ1) is 8.34. The maximum Gasteiger partial charge on any atom is 0.220 e. The van der Waals surface area contributed by atoms with E-state index in [-0.39, 0.29) is 5.91 Å². The van der Waals surface area contributed by atoms with E-state index in [9.17, 15) is 4.79 Å². The van der Waals surface area contributed by atoms with Crippen LogP contribution in [0.15, 0.2) is 24.5 Å². The van der Waals surface area contributed by atoms with Crippen LogP contribution in [0.2, 0.25) is 0 Å². The Morgan fingerprint density at radius 2 is 2.35 bits per heavy atom. The zero-order valence-electron chi connectivity index (χ0n) is 9.98. The SMILES string of the molecule is O=C(CCCNCc1cccnc1)NC1CC1. The number of aromatic nitrogens is 1. The number of rotatable bonds is 7. The summed E-state index contributed by atoms with van der Waals surface area (Å²) in [6, 6.07) is 4.45. The number of carbonyl (C=O) groups excluding carboxylic acids is 1. The summed E-state index contributed by atoms with van der Waals surface area (Å²) >= 11 is 0. The van der Waals surface area contributed by atoms with Gasteiger partial charge in [-0.25, -0.2) is 0 Å². The Hall–Kier alpha value is -1.42. The van der Waals surface area contributed by atoms with E-state index in [1.54, 1.807) is 6.20 Å². The number of carbonyl (C=O) groups is 1. The second-order valence-corrected chi connectivity index (χ2v) is 4.48. The van der Waals surface area contributed by atoms with Crippen molar-refractivity contribution in [2.45, 2.75) is 38.3 Å². The molecule has 0 radical (unpaired) electrons. The highest BCUT2D eigenvalue weighted by Crippen LogP contribution is 2.18. The molecule has 1 saturated carbocycles. The molecule has 0 spiro atoms. The number of nitrogens with one attached hydrogen (secondary N) is 2. The van der Waals surface area contributed by atoms with Crippen molar-refractivity contribution in [2.75, 3.05) is 6.54 Å². The number of hydrogen-bond acceptors (Lipinski definition) is 3. The van der Waals surface area contributed by atoms with Gasteiger partial charge in [0.1, 0.15) is 0 Å². The van der Waals surface area contributed by atoms with Crippen molar-refractivity contribution in [3.8, 4) is 0 Å². The van der Waals surface area contributed by atoms with E-state index < -0.39 is 0 Å². The summed E-state index contributed by atoms with van der Waals surface area (Å²) in [6.07, 6.45) is 7.45. The van der Waals surface area contributed by atoms with Gasteiger partial charge < -0.3 is 10.6 Å². The molecule has 0 unspecified atom stereocenters. The van der Waals surface area contributed by atoms with Crippen LogP contribution in [0.25, 0.3) is 0 Å². The van der Waals surface area contributed by atoms with Gasteiger partial charge in [-0.1, -0.05) is 6.07 Å². The zero-order valence-corrected chi connectivity index (χ0v) is 9.98. The molecule has 0 atom stereocenters. The van der Waals surface area contributed by atoms with Gasteiger partial charge in [0.05, 0.1) is 0 Å². The molecule has 0 aliphatic heterocycles. The second-order valence-electron chi connectivity index (χ2n) is 4.48. The monoisotopic (exact) mass is 233 g/mol. The van der Waals surface area contributed by atoms with E-state index in [1.165, 1.54) is 5.56 Å². The Balaban J connectivity index is 1.50. The third-order valence-corrected chi connectivity index (χ3v) is 2.75. The molecular weight excluding hydrogens is 214 g/mol. The van der Waals surface area contributed by atoms with Crippen molar-refractivity contribution >= 4 is 5.91 Å². The first kappa shape index (κ1) is 12.0. The van der Waals surface area contributed by atoms with Gasteiger partial charge in [0.25, 0.3) is 0 Å². The standard InChI is InChI=1S/C13H19N3O/c17-13(16-12-5-6-12)4-2-8-15-10-11-3-1-7-14-9-11/h1,3,7,9,12,15H,2,4-6,8,10H2,(H,16,17). The van der Waals surface area contributed by atoms with Gasteiger partial charge in [0.15, 0.2) is 0 Å². The molecule has 4 nitrogen and oxygen atoms in total. The lowest BCUT2D eigenvalue weighted by atomic mass is 10.2. The second kappa shape index (κ2) is 6.35. The van der Waals surface area contributed by atoms with E-state index in [0.29, 0.717) is 12.5 Å². The van der Waals surface area contributed by atoms with Gasteiger partial charge in [0, 0.05) is 31.4 Å². The summed E-state index contributed by atoms with van der Waals surface area (Å²) in [7, 11) is 0. The molecular formula is C13H19N3O. The summed E-state index contributed by atoms with van der Waals surface area (Å²) in [5, 5.41) is 6.29. The lowest BCUT2D eigenvalue weighted by Crippen LogP contribution is -2.26. The van der Waals surface area contributed by atoms with Crippen molar-refractivity contribution < 1.29 is 4.79 Å². The lowest BCUT2D eigenvalue weighted by molar-refractivity contribution is -0.121. The molecule has 2 N–H and O–H groups in total. The van der Waals surface area contributed by atoms with Gasteiger partial charge in [-0.2, -0.15) is 0 Å². The highest BCUT2D eigenvalue weighted by atomic mass is 16.1. The minimum absolute atomic E-state index is 0.190. The minimum atomic E-state index is 0.190. The van der Waals surface area contributed by atoms with Crippen molar-refractivity contribution in [3.05, 3.63) is 30.1 Å². The topological polar surface area (TPSA) is 54.0 Å². The molecule has 0 saturated heterocycles. The Morgan fingerprint density at radius 1 is 1.47 bits per heavy atom. The van der Waals surface area contributed by atoms with Crippen LogP contribution < -0.4 is 10.6 Å². The largest absolute Gasteiger partial charge is 0.353 e. The first-order valence-electron chi connectivity index (χ1n) is 6.23. The fourth-order valence-electron chi connectivity index (χ4n) is 1.64. The molecule has 1 aromatic rings. The highest BCUT2D eigenvalue weighted by molar-refractivity contribution is 5.76. The predicted octanol–water partition coefficient (Wildman–Crippen LogP) is 1.23. The number of hydrogen-bond donors (Lipinski definition) is 2. The smallest absolute Gasteiger partial charge is 0.220 e. The average Bonchev–Trinajstić information content (AvgIpc) is 3.14. The van der Waals surface area contributed by atoms with Crippen LogP contribution in [0.3, 0.4) is 0 Å². The fraction of sp³-hybridized carbons (Fsp3) is 0.538. The Kier molecular flexibility index (Phi) is 4.50. The summed E-state index contributed by atoms with van der Waals surface area (Å²) < 4.78 is 0. The van der Waals surface area contributed by atoms with E-state index in [1.807, 2.05) is 18.3 Å². The first-order valence-corrected chi connectivity index (χ1v) is 6.23. The molecule has 1 aliphatic rings. The minimum Gasteiger partial charge on any atom is -0.353 e. The van der Waals surface area contributed by atoms with Crippen LogP contribution in [0.1, 0.15) is 31.2 Å². The summed E-state index contributed by atoms with van der Waals surface area (Å²) in [5.41, 5.74) is 1.18. The molecule has 1 heterocycles.